The lowest BCUT2D eigenvalue weighted by Gasteiger charge is -2.30. The molecule has 0 unspecified atom stereocenters. The van der Waals surface area contributed by atoms with Gasteiger partial charge in [0.1, 0.15) is 0 Å². The Kier molecular flexibility index (Phi) is 3.52. The van der Waals surface area contributed by atoms with Gasteiger partial charge in [0.15, 0.2) is 17.5 Å². The molecule has 0 aromatic heterocycles. The first-order valence-corrected chi connectivity index (χ1v) is 6.83. The van der Waals surface area contributed by atoms with Gasteiger partial charge in [-0.15, -0.1) is 0 Å². The van der Waals surface area contributed by atoms with Crippen LogP contribution in [0.5, 0.6) is 0 Å². The molecule has 0 bridgehead atoms. The maximum absolute atomic E-state index is 13.8. The summed E-state index contributed by atoms with van der Waals surface area (Å²) in [6.45, 7) is 0.369. The highest BCUT2D eigenvalue weighted by Crippen LogP contribution is 2.31. The minimum Gasteiger partial charge on any atom is -0.399 e. The number of carbonyl (C=O) groups is 1. The van der Waals surface area contributed by atoms with Crippen LogP contribution in [0, 0.1) is 17.5 Å². The molecule has 6 heteroatoms. The number of nitrogens with two attached hydrogens (primary N) is 1. The van der Waals surface area contributed by atoms with Crippen LogP contribution in [0.3, 0.4) is 0 Å². The highest BCUT2D eigenvalue weighted by atomic mass is 19.2. The molecule has 2 N–H and O–H groups in total. The van der Waals surface area contributed by atoms with E-state index in [4.69, 9.17) is 5.73 Å². The number of aryl methyl sites for hydroxylation is 1. The number of hydrogen-bond acceptors (Lipinski definition) is 2. The Hall–Kier alpha value is -2.50. The molecular formula is C16H13F3N2O. The first-order valence-electron chi connectivity index (χ1n) is 6.83. The monoisotopic (exact) mass is 306 g/mol. The number of nitrogen functional groups attached to an aromatic ring is 1. The topological polar surface area (TPSA) is 46.3 Å². The summed E-state index contributed by atoms with van der Waals surface area (Å²) in [5.74, 6) is -5.14. The van der Waals surface area contributed by atoms with Crippen molar-refractivity contribution in [3.63, 3.8) is 0 Å². The average Bonchev–Trinajstić information content (AvgIpc) is 2.51. The molecule has 0 saturated carbocycles. The molecule has 2 aromatic rings. The highest BCUT2D eigenvalue weighted by Gasteiger charge is 2.27. The third-order valence-corrected chi connectivity index (χ3v) is 3.74. The highest BCUT2D eigenvalue weighted by molar-refractivity contribution is 6.07. The lowest BCUT2D eigenvalue weighted by molar-refractivity contribution is 0.0980. The van der Waals surface area contributed by atoms with E-state index in [9.17, 15) is 18.0 Å². The number of amides is 1. The van der Waals surface area contributed by atoms with Crippen molar-refractivity contribution in [3.05, 3.63) is 58.9 Å². The maximum atomic E-state index is 13.8. The number of rotatable bonds is 1. The largest absolute Gasteiger partial charge is 0.399 e. The standard InChI is InChI=1S/C16H13F3N2O/c17-12-6-5-11(14(18)15(12)19)16(22)21-7-1-2-9-3-4-10(20)8-13(9)21/h3-6,8H,1-2,7,20H2. The van der Waals surface area contributed by atoms with E-state index < -0.39 is 28.9 Å². The number of halogens is 3. The quantitative estimate of drug-likeness (QED) is 0.649. The van der Waals surface area contributed by atoms with Crippen LogP contribution in [0.1, 0.15) is 22.3 Å². The van der Waals surface area contributed by atoms with Gasteiger partial charge in [0, 0.05) is 17.9 Å². The first kappa shape index (κ1) is 14.4. The summed E-state index contributed by atoms with van der Waals surface area (Å²) >= 11 is 0. The summed E-state index contributed by atoms with van der Waals surface area (Å²) in [6.07, 6.45) is 1.48. The van der Waals surface area contributed by atoms with Crippen molar-refractivity contribution in [2.75, 3.05) is 17.2 Å². The summed E-state index contributed by atoms with van der Waals surface area (Å²) in [7, 11) is 0. The summed E-state index contributed by atoms with van der Waals surface area (Å²) < 4.78 is 40.2. The van der Waals surface area contributed by atoms with E-state index in [1.165, 1.54) is 4.90 Å². The van der Waals surface area contributed by atoms with Crippen LogP contribution in [0.4, 0.5) is 24.5 Å². The zero-order valence-corrected chi connectivity index (χ0v) is 11.6. The van der Waals surface area contributed by atoms with E-state index >= 15 is 0 Å². The third-order valence-electron chi connectivity index (χ3n) is 3.74. The summed E-state index contributed by atoms with van der Waals surface area (Å²) in [6, 6.07) is 6.87. The van der Waals surface area contributed by atoms with E-state index in [1.807, 2.05) is 6.07 Å². The van der Waals surface area contributed by atoms with Crippen LogP contribution >= 0.6 is 0 Å². The number of carbonyl (C=O) groups excluding carboxylic acids is 1. The van der Waals surface area contributed by atoms with Gasteiger partial charge in [0.2, 0.25) is 0 Å². The number of nitrogens with zero attached hydrogens (tertiary/aromatic N) is 1. The number of fused-ring (bicyclic) bond motifs is 1. The fourth-order valence-corrected chi connectivity index (χ4v) is 2.64. The van der Waals surface area contributed by atoms with E-state index in [0.717, 1.165) is 24.1 Å². The number of benzene rings is 2. The Morgan fingerprint density at radius 3 is 2.64 bits per heavy atom. The minimum absolute atomic E-state index is 0.369. The van der Waals surface area contributed by atoms with Gasteiger partial charge in [-0.05, 0) is 42.7 Å². The molecule has 1 heterocycles. The van der Waals surface area contributed by atoms with Gasteiger partial charge >= 0.3 is 0 Å². The Balaban J connectivity index is 2.05. The van der Waals surface area contributed by atoms with E-state index in [2.05, 4.69) is 0 Å². The fourth-order valence-electron chi connectivity index (χ4n) is 2.64. The summed E-state index contributed by atoms with van der Waals surface area (Å²) in [4.78, 5) is 13.9. The van der Waals surface area contributed by atoms with Gasteiger partial charge in [-0.2, -0.15) is 0 Å². The smallest absolute Gasteiger partial charge is 0.261 e. The second-order valence-electron chi connectivity index (χ2n) is 5.17. The van der Waals surface area contributed by atoms with Crippen LogP contribution in [-0.4, -0.2) is 12.5 Å². The van der Waals surface area contributed by atoms with Gasteiger partial charge in [-0.1, -0.05) is 6.07 Å². The van der Waals surface area contributed by atoms with Crippen molar-refractivity contribution in [2.24, 2.45) is 0 Å². The second-order valence-corrected chi connectivity index (χ2v) is 5.17. The van der Waals surface area contributed by atoms with E-state index in [1.54, 1.807) is 12.1 Å². The van der Waals surface area contributed by atoms with Crippen molar-refractivity contribution in [2.45, 2.75) is 12.8 Å². The zero-order chi connectivity index (χ0) is 15.9. The molecule has 0 atom stereocenters. The molecule has 114 valence electrons. The van der Waals surface area contributed by atoms with Gasteiger partial charge in [-0.3, -0.25) is 4.79 Å². The SMILES string of the molecule is Nc1ccc2c(c1)N(C(=O)c1ccc(F)c(F)c1F)CCC2. The molecule has 3 nitrogen and oxygen atoms in total. The van der Waals surface area contributed by atoms with Crippen LogP contribution in [0.25, 0.3) is 0 Å². The Bertz CT molecular complexity index is 761. The third kappa shape index (κ3) is 2.30. The van der Waals surface area contributed by atoms with Crippen molar-refractivity contribution in [1.29, 1.82) is 0 Å². The van der Waals surface area contributed by atoms with Crippen LogP contribution in [0.2, 0.25) is 0 Å². The van der Waals surface area contributed by atoms with Crippen molar-refractivity contribution in [3.8, 4) is 0 Å². The molecule has 22 heavy (non-hydrogen) atoms. The van der Waals surface area contributed by atoms with E-state index in [0.29, 0.717) is 24.3 Å². The summed E-state index contributed by atoms with van der Waals surface area (Å²) in [5.41, 5.74) is 7.22. The molecule has 0 fully saturated rings. The molecule has 1 aliphatic heterocycles. The van der Waals surface area contributed by atoms with Crippen molar-refractivity contribution >= 4 is 17.3 Å². The van der Waals surface area contributed by atoms with Crippen LogP contribution in [-0.2, 0) is 6.42 Å². The van der Waals surface area contributed by atoms with Gasteiger partial charge < -0.3 is 10.6 Å². The zero-order valence-electron chi connectivity index (χ0n) is 11.6. The predicted octanol–water partition coefficient (Wildman–Crippen LogP) is 3.28. The lowest BCUT2D eigenvalue weighted by atomic mass is 10.00. The molecule has 0 spiro atoms. The van der Waals surface area contributed by atoms with Gasteiger partial charge in [0.25, 0.3) is 5.91 Å². The lowest BCUT2D eigenvalue weighted by Crippen LogP contribution is -2.36. The van der Waals surface area contributed by atoms with Gasteiger partial charge in [-0.25, -0.2) is 13.2 Å². The Labute approximate surface area is 125 Å². The molecule has 0 radical (unpaired) electrons. The van der Waals surface area contributed by atoms with Gasteiger partial charge in [0.05, 0.1) is 5.56 Å². The molecule has 3 rings (SSSR count). The molecule has 0 aliphatic carbocycles. The minimum atomic E-state index is -1.64. The molecule has 1 aliphatic rings. The molecule has 0 saturated heterocycles. The normalized spacial score (nSPS) is 13.9. The average molecular weight is 306 g/mol. The number of anilines is 2. The van der Waals surface area contributed by atoms with Crippen LogP contribution < -0.4 is 10.6 Å². The van der Waals surface area contributed by atoms with Crippen molar-refractivity contribution < 1.29 is 18.0 Å². The van der Waals surface area contributed by atoms with E-state index in [-0.39, 0.29) is 0 Å². The first-order chi connectivity index (χ1) is 10.5. The number of hydrogen-bond donors (Lipinski definition) is 1. The predicted molar refractivity (Wildman–Crippen MR) is 77.2 cm³/mol. The van der Waals surface area contributed by atoms with Crippen molar-refractivity contribution in [1.82, 2.24) is 0 Å². The summed E-state index contributed by atoms with van der Waals surface area (Å²) in [5, 5.41) is 0. The fraction of sp³-hybridized carbons (Fsp3) is 0.188. The second kappa shape index (κ2) is 5.36. The molecular weight excluding hydrogens is 293 g/mol. The Morgan fingerprint density at radius 2 is 1.86 bits per heavy atom. The Morgan fingerprint density at radius 1 is 1.09 bits per heavy atom. The maximum Gasteiger partial charge on any atom is 0.261 e. The molecule has 2 aromatic carbocycles. The van der Waals surface area contributed by atoms with Crippen LogP contribution in [0.15, 0.2) is 30.3 Å². The molecule has 1 amide bonds.